The Balaban J connectivity index is 2.05. The van der Waals surface area contributed by atoms with Crippen LogP contribution in [-0.4, -0.2) is 26.0 Å². The molecule has 0 fully saturated rings. The van der Waals surface area contributed by atoms with E-state index in [1.54, 1.807) is 6.33 Å². The molecule has 0 amide bonds. The minimum absolute atomic E-state index is 0.265. The summed E-state index contributed by atoms with van der Waals surface area (Å²) in [4.78, 5) is 4.25. The number of benzene rings is 1. The lowest BCUT2D eigenvalue weighted by Crippen LogP contribution is -2.19. The number of rotatable bonds is 5. The van der Waals surface area contributed by atoms with E-state index < -0.39 is 6.10 Å². The normalized spacial score (nSPS) is 12.9. The highest BCUT2D eigenvalue weighted by Gasteiger charge is 2.13. The second-order valence-corrected chi connectivity index (χ2v) is 5.77. The molecule has 0 bridgehead atoms. The Morgan fingerprint density at radius 2 is 1.75 bits per heavy atom. The molecular formula is C16H23N3O. The van der Waals surface area contributed by atoms with E-state index in [-0.39, 0.29) is 6.04 Å². The molecule has 4 heteroatoms. The Morgan fingerprint density at radius 1 is 1.10 bits per heavy atom. The number of aryl methyl sites for hydroxylation is 2. The van der Waals surface area contributed by atoms with Crippen molar-refractivity contribution in [1.29, 1.82) is 0 Å². The van der Waals surface area contributed by atoms with Gasteiger partial charge in [-0.05, 0) is 39.7 Å². The fourth-order valence-electron chi connectivity index (χ4n) is 2.59. The molecule has 1 heterocycles. The van der Waals surface area contributed by atoms with Gasteiger partial charge in [-0.15, -0.1) is 0 Å². The summed E-state index contributed by atoms with van der Waals surface area (Å²) in [5.74, 6) is 0.844. The first kappa shape index (κ1) is 14.7. The summed E-state index contributed by atoms with van der Waals surface area (Å²) in [6, 6.07) is 6.67. The molecule has 0 aliphatic carbocycles. The molecule has 108 valence electrons. The van der Waals surface area contributed by atoms with E-state index in [0.717, 1.165) is 5.82 Å². The molecule has 0 spiro atoms. The lowest BCUT2D eigenvalue weighted by molar-refractivity contribution is 0.170. The van der Waals surface area contributed by atoms with Crippen LogP contribution in [0.4, 0.5) is 0 Å². The molecule has 2 aromatic rings. The molecule has 1 unspecified atom stereocenters. The van der Waals surface area contributed by atoms with Crippen molar-refractivity contribution < 1.29 is 5.11 Å². The third kappa shape index (κ3) is 3.67. The van der Waals surface area contributed by atoms with Crippen LogP contribution in [0.15, 0.2) is 24.5 Å². The van der Waals surface area contributed by atoms with Crippen LogP contribution in [0.5, 0.6) is 0 Å². The summed E-state index contributed by atoms with van der Waals surface area (Å²) in [6.07, 6.45) is 2.30. The summed E-state index contributed by atoms with van der Waals surface area (Å²) in [6.45, 7) is 8.29. The molecule has 1 N–H and O–H groups in total. The van der Waals surface area contributed by atoms with Gasteiger partial charge in [0, 0.05) is 12.5 Å². The number of hydrogen-bond acceptors (Lipinski definition) is 3. The van der Waals surface area contributed by atoms with Gasteiger partial charge in [0.1, 0.15) is 12.2 Å². The first-order valence-electron chi connectivity index (χ1n) is 7.09. The van der Waals surface area contributed by atoms with Gasteiger partial charge in [-0.3, -0.25) is 0 Å². The fourth-order valence-corrected chi connectivity index (χ4v) is 2.59. The second kappa shape index (κ2) is 6.18. The molecule has 0 radical (unpaired) electrons. The molecule has 2 rings (SSSR count). The molecule has 1 aromatic heterocycles. The molecule has 1 atom stereocenters. The molecule has 4 nitrogen and oxygen atoms in total. The number of aromatic nitrogens is 3. The lowest BCUT2D eigenvalue weighted by Gasteiger charge is -2.14. The van der Waals surface area contributed by atoms with Gasteiger partial charge in [0.2, 0.25) is 0 Å². The first-order valence-corrected chi connectivity index (χ1v) is 7.09. The molecule has 0 aliphatic rings. The van der Waals surface area contributed by atoms with Crippen LogP contribution in [0.1, 0.15) is 42.4 Å². The van der Waals surface area contributed by atoms with Crippen LogP contribution in [0, 0.1) is 13.8 Å². The van der Waals surface area contributed by atoms with Crippen molar-refractivity contribution in [2.45, 2.75) is 52.7 Å². The van der Waals surface area contributed by atoms with Crippen LogP contribution in [0.2, 0.25) is 0 Å². The largest absolute Gasteiger partial charge is 0.392 e. The van der Waals surface area contributed by atoms with Crippen molar-refractivity contribution in [3.63, 3.8) is 0 Å². The van der Waals surface area contributed by atoms with E-state index >= 15 is 0 Å². The van der Waals surface area contributed by atoms with Crippen molar-refractivity contribution in [3.8, 4) is 0 Å². The van der Waals surface area contributed by atoms with Gasteiger partial charge in [-0.2, -0.15) is 5.10 Å². The monoisotopic (exact) mass is 273 g/mol. The average molecular weight is 273 g/mol. The molecule has 20 heavy (non-hydrogen) atoms. The van der Waals surface area contributed by atoms with E-state index in [9.17, 15) is 5.11 Å². The zero-order chi connectivity index (χ0) is 14.7. The van der Waals surface area contributed by atoms with Crippen molar-refractivity contribution in [1.82, 2.24) is 14.8 Å². The number of aliphatic hydroxyl groups excluding tert-OH is 1. The number of aliphatic hydroxyl groups is 1. The van der Waals surface area contributed by atoms with Crippen molar-refractivity contribution >= 4 is 0 Å². The summed E-state index contributed by atoms with van der Waals surface area (Å²) < 4.78 is 1.87. The van der Waals surface area contributed by atoms with E-state index in [2.05, 4.69) is 56.0 Å². The first-order chi connectivity index (χ1) is 9.45. The Labute approximate surface area is 120 Å². The third-order valence-electron chi connectivity index (χ3n) is 3.31. The van der Waals surface area contributed by atoms with Gasteiger partial charge >= 0.3 is 0 Å². The highest BCUT2D eigenvalue weighted by atomic mass is 16.3. The maximum absolute atomic E-state index is 10.3. The van der Waals surface area contributed by atoms with Crippen molar-refractivity contribution in [2.24, 2.45) is 0 Å². The quantitative estimate of drug-likeness (QED) is 0.911. The Morgan fingerprint density at radius 3 is 2.35 bits per heavy atom. The van der Waals surface area contributed by atoms with Crippen LogP contribution < -0.4 is 0 Å². The SMILES string of the molecule is Cc1cc(C)cc(CC(O)Cc2ncnn2C(C)C)c1. The zero-order valence-electron chi connectivity index (χ0n) is 12.7. The van der Waals surface area contributed by atoms with Gasteiger partial charge in [-0.25, -0.2) is 9.67 Å². The predicted molar refractivity (Wildman–Crippen MR) is 79.7 cm³/mol. The Kier molecular flexibility index (Phi) is 4.55. The molecule has 0 saturated carbocycles. The average Bonchev–Trinajstić information content (AvgIpc) is 2.75. The summed E-state index contributed by atoms with van der Waals surface area (Å²) in [5.41, 5.74) is 3.64. The molecular weight excluding hydrogens is 250 g/mol. The van der Waals surface area contributed by atoms with Gasteiger partial charge in [0.15, 0.2) is 0 Å². The highest BCUT2D eigenvalue weighted by molar-refractivity contribution is 5.29. The van der Waals surface area contributed by atoms with E-state index in [4.69, 9.17) is 0 Å². The molecule has 0 aliphatic heterocycles. The molecule has 0 saturated heterocycles. The van der Waals surface area contributed by atoms with E-state index in [1.807, 2.05) is 4.68 Å². The zero-order valence-corrected chi connectivity index (χ0v) is 12.7. The summed E-state index contributed by atoms with van der Waals surface area (Å²) >= 11 is 0. The van der Waals surface area contributed by atoms with Gasteiger partial charge < -0.3 is 5.11 Å². The number of nitrogens with zero attached hydrogens (tertiary/aromatic N) is 3. The topological polar surface area (TPSA) is 50.9 Å². The Hall–Kier alpha value is -1.68. The summed E-state index contributed by atoms with van der Waals surface area (Å²) in [7, 11) is 0. The van der Waals surface area contributed by atoms with Crippen molar-refractivity contribution in [2.75, 3.05) is 0 Å². The van der Waals surface area contributed by atoms with Gasteiger partial charge in [0.25, 0.3) is 0 Å². The van der Waals surface area contributed by atoms with E-state index in [0.29, 0.717) is 12.8 Å². The predicted octanol–water partition coefficient (Wildman–Crippen LogP) is 2.62. The Bertz CT molecular complexity index is 555. The third-order valence-corrected chi connectivity index (χ3v) is 3.31. The standard InChI is InChI=1S/C16H23N3O/c1-11(2)19-16(17-10-18-19)9-15(20)8-14-6-12(3)5-13(4)7-14/h5-7,10-11,15,20H,8-9H2,1-4H3. The molecule has 1 aromatic carbocycles. The summed E-state index contributed by atoms with van der Waals surface area (Å²) in [5, 5.41) is 14.5. The number of hydrogen-bond donors (Lipinski definition) is 1. The lowest BCUT2D eigenvalue weighted by atomic mass is 10.0. The van der Waals surface area contributed by atoms with Crippen LogP contribution >= 0.6 is 0 Å². The maximum atomic E-state index is 10.3. The maximum Gasteiger partial charge on any atom is 0.138 e. The van der Waals surface area contributed by atoms with Gasteiger partial charge in [0.05, 0.1) is 6.10 Å². The van der Waals surface area contributed by atoms with Gasteiger partial charge in [-0.1, -0.05) is 29.3 Å². The van der Waals surface area contributed by atoms with Crippen LogP contribution in [-0.2, 0) is 12.8 Å². The van der Waals surface area contributed by atoms with Crippen LogP contribution in [0.3, 0.4) is 0 Å². The second-order valence-electron chi connectivity index (χ2n) is 5.77. The smallest absolute Gasteiger partial charge is 0.138 e. The van der Waals surface area contributed by atoms with Crippen LogP contribution in [0.25, 0.3) is 0 Å². The highest BCUT2D eigenvalue weighted by Crippen LogP contribution is 2.14. The van der Waals surface area contributed by atoms with Crippen molar-refractivity contribution in [3.05, 3.63) is 47.0 Å². The minimum Gasteiger partial charge on any atom is -0.392 e. The van der Waals surface area contributed by atoms with E-state index in [1.165, 1.54) is 16.7 Å². The fraction of sp³-hybridized carbons (Fsp3) is 0.500. The minimum atomic E-state index is -0.433.